The van der Waals surface area contributed by atoms with Gasteiger partial charge in [-0.3, -0.25) is 19.6 Å². The lowest BCUT2D eigenvalue weighted by Gasteiger charge is -2.36. The van der Waals surface area contributed by atoms with Gasteiger partial charge >= 0.3 is 0 Å². The summed E-state index contributed by atoms with van der Waals surface area (Å²) >= 11 is 0. The van der Waals surface area contributed by atoms with Crippen molar-refractivity contribution < 1.29 is 0 Å². The van der Waals surface area contributed by atoms with Gasteiger partial charge in [-0.05, 0) is 58.7 Å². The average Bonchev–Trinajstić information content (AvgIpc) is 3.59. The minimum Gasteiger partial charge on any atom is -0.256 e. The molecule has 4 heterocycles. The van der Waals surface area contributed by atoms with Gasteiger partial charge in [-0.25, -0.2) is 0 Å². The summed E-state index contributed by atoms with van der Waals surface area (Å²) in [6, 6.07) is 52.2. The normalized spacial score (nSPS) is 11.5. The molecule has 0 fully saturated rings. The van der Waals surface area contributed by atoms with E-state index in [1.807, 2.05) is 61.1 Å². The fourth-order valence-electron chi connectivity index (χ4n) is 6.35. The van der Waals surface area contributed by atoms with E-state index in [0.29, 0.717) is 0 Å². The Bertz CT molecular complexity index is 2150. The maximum Gasteiger partial charge on any atom is 0.138 e. The first kappa shape index (κ1) is 27.4. The molecule has 5 heteroatoms. The average molecular weight is 592 g/mol. The molecule has 0 bridgehead atoms. The molecule has 0 unspecified atom stereocenters. The zero-order valence-corrected chi connectivity index (χ0v) is 25.0. The lowest BCUT2D eigenvalue weighted by Crippen LogP contribution is -2.38. The van der Waals surface area contributed by atoms with E-state index < -0.39 is 5.54 Å². The van der Waals surface area contributed by atoms with Crippen LogP contribution >= 0.6 is 0 Å². The number of aromatic nitrogens is 5. The van der Waals surface area contributed by atoms with E-state index in [9.17, 15) is 0 Å². The minimum atomic E-state index is -0.760. The van der Waals surface area contributed by atoms with Crippen molar-refractivity contribution in [1.29, 1.82) is 0 Å². The third-order valence-corrected chi connectivity index (χ3v) is 8.50. The Morgan fingerprint density at radius 1 is 0.478 bits per heavy atom. The lowest BCUT2D eigenvalue weighted by molar-refractivity contribution is 0.461. The molecule has 0 amide bonds. The van der Waals surface area contributed by atoms with E-state index in [-0.39, 0.29) is 0 Å². The van der Waals surface area contributed by atoms with Gasteiger partial charge in [0.15, 0.2) is 0 Å². The molecule has 5 nitrogen and oxygen atoms in total. The van der Waals surface area contributed by atoms with Crippen LogP contribution in [0.1, 0.15) is 16.7 Å². The molecule has 8 rings (SSSR count). The molecule has 0 atom stereocenters. The van der Waals surface area contributed by atoms with Crippen LogP contribution in [0, 0.1) is 0 Å². The van der Waals surface area contributed by atoms with Crippen molar-refractivity contribution in [2.24, 2.45) is 0 Å². The van der Waals surface area contributed by atoms with Crippen molar-refractivity contribution in [3.63, 3.8) is 0 Å². The highest BCUT2D eigenvalue weighted by Gasteiger charge is 2.40. The Hall–Kier alpha value is -6.20. The minimum absolute atomic E-state index is 0.760. The van der Waals surface area contributed by atoms with E-state index >= 15 is 0 Å². The fourth-order valence-corrected chi connectivity index (χ4v) is 6.35. The van der Waals surface area contributed by atoms with Crippen LogP contribution in [-0.4, -0.2) is 24.7 Å². The van der Waals surface area contributed by atoms with Gasteiger partial charge in [0.05, 0.1) is 16.9 Å². The molecule has 0 aliphatic heterocycles. The number of para-hydroxylation sites is 1. The number of fused-ring (bicyclic) bond motifs is 1. The summed E-state index contributed by atoms with van der Waals surface area (Å²) in [7, 11) is 0. The zero-order chi connectivity index (χ0) is 30.8. The summed E-state index contributed by atoms with van der Waals surface area (Å²) in [5, 5.41) is 6.50. The monoisotopic (exact) mass is 591 g/mol. The van der Waals surface area contributed by atoms with Crippen molar-refractivity contribution in [2.75, 3.05) is 0 Å². The summed E-state index contributed by atoms with van der Waals surface area (Å²) in [6.45, 7) is 0. The second kappa shape index (κ2) is 11.7. The summed E-state index contributed by atoms with van der Waals surface area (Å²) < 4.78 is 2.12. The van der Waals surface area contributed by atoms with Crippen LogP contribution in [-0.2, 0) is 5.54 Å². The SMILES string of the molecule is c1ccc(C(c2ccccc2)(c2ccccc2)n2cc(-c3ccnc(-c4cnc5ccccc5c4)c3)c(-c3ccccn3)n2)cc1. The molecule has 46 heavy (non-hydrogen) atoms. The largest absolute Gasteiger partial charge is 0.256 e. The Morgan fingerprint density at radius 3 is 1.74 bits per heavy atom. The molecule has 8 aromatic rings. The van der Waals surface area contributed by atoms with Gasteiger partial charge in [0.2, 0.25) is 0 Å². The molecule has 4 aromatic carbocycles. The fraction of sp³-hybridized carbons (Fsp3) is 0.0244. The summed E-state index contributed by atoms with van der Waals surface area (Å²) in [5.41, 5.74) is 8.85. The molecular formula is C41H29N5. The van der Waals surface area contributed by atoms with Crippen LogP contribution in [0.25, 0.3) is 44.7 Å². The van der Waals surface area contributed by atoms with Crippen molar-refractivity contribution in [3.05, 3.63) is 193 Å². The predicted molar refractivity (Wildman–Crippen MR) is 184 cm³/mol. The Kier molecular flexibility index (Phi) is 6.97. The molecule has 4 aromatic heterocycles. The van der Waals surface area contributed by atoms with E-state index in [4.69, 9.17) is 20.1 Å². The van der Waals surface area contributed by atoms with Crippen molar-refractivity contribution in [2.45, 2.75) is 5.54 Å². The molecular weight excluding hydrogens is 562 g/mol. The van der Waals surface area contributed by atoms with Crippen LogP contribution in [0.2, 0.25) is 0 Å². The van der Waals surface area contributed by atoms with Gasteiger partial charge in [-0.1, -0.05) is 115 Å². The Balaban J connectivity index is 1.39. The maximum absolute atomic E-state index is 5.42. The number of nitrogens with zero attached hydrogens (tertiary/aromatic N) is 5. The van der Waals surface area contributed by atoms with Crippen LogP contribution in [0.3, 0.4) is 0 Å². The molecule has 0 radical (unpaired) electrons. The predicted octanol–water partition coefficient (Wildman–Crippen LogP) is 9.06. The van der Waals surface area contributed by atoms with E-state index in [1.54, 1.807) is 0 Å². The van der Waals surface area contributed by atoms with Gasteiger partial charge in [0, 0.05) is 41.3 Å². The first-order valence-corrected chi connectivity index (χ1v) is 15.3. The summed E-state index contributed by atoms with van der Waals surface area (Å²) in [6.07, 6.45) is 7.73. The molecule has 0 aliphatic carbocycles. The topological polar surface area (TPSA) is 56.5 Å². The van der Waals surface area contributed by atoms with Crippen LogP contribution in [0.4, 0.5) is 0 Å². The van der Waals surface area contributed by atoms with Gasteiger partial charge in [-0.15, -0.1) is 0 Å². The van der Waals surface area contributed by atoms with E-state index in [0.717, 1.165) is 61.4 Å². The number of benzene rings is 4. The number of pyridine rings is 3. The third kappa shape index (κ3) is 4.75. The Morgan fingerprint density at radius 2 is 1.09 bits per heavy atom. The Labute approximate surface area is 267 Å². The first-order valence-electron chi connectivity index (χ1n) is 15.3. The second-order valence-electron chi connectivity index (χ2n) is 11.2. The van der Waals surface area contributed by atoms with Crippen molar-refractivity contribution >= 4 is 10.9 Å². The van der Waals surface area contributed by atoms with E-state index in [1.165, 1.54) is 0 Å². The molecule has 0 saturated heterocycles. The van der Waals surface area contributed by atoms with Gasteiger partial charge in [-0.2, -0.15) is 5.10 Å². The van der Waals surface area contributed by atoms with E-state index in [2.05, 4.69) is 120 Å². The highest BCUT2D eigenvalue weighted by Crippen LogP contribution is 2.43. The third-order valence-electron chi connectivity index (χ3n) is 8.50. The van der Waals surface area contributed by atoms with Crippen LogP contribution in [0.15, 0.2) is 176 Å². The quantitative estimate of drug-likeness (QED) is 0.174. The molecule has 0 saturated carbocycles. The molecule has 0 N–H and O–H groups in total. The standard InChI is InChI=1S/C41H29N5/c1-4-15-33(16-5-1)41(34-17-6-2-7-18-34,35-19-8-3-9-20-35)46-29-36(40(45-46)38-22-12-13-24-42-38)30-23-25-43-39(27-30)32-26-31-14-10-11-21-37(31)44-28-32/h1-29H. The second-order valence-corrected chi connectivity index (χ2v) is 11.2. The number of rotatable bonds is 7. The number of hydrogen-bond donors (Lipinski definition) is 0. The van der Waals surface area contributed by atoms with Gasteiger partial charge in [0.1, 0.15) is 11.2 Å². The highest BCUT2D eigenvalue weighted by molar-refractivity contribution is 5.85. The van der Waals surface area contributed by atoms with Crippen molar-refractivity contribution in [3.8, 4) is 33.8 Å². The van der Waals surface area contributed by atoms with Gasteiger partial charge in [0.25, 0.3) is 0 Å². The van der Waals surface area contributed by atoms with Crippen LogP contribution in [0.5, 0.6) is 0 Å². The highest BCUT2D eigenvalue weighted by atomic mass is 15.3. The van der Waals surface area contributed by atoms with Gasteiger partial charge < -0.3 is 0 Å². The van der Waals surface area contributed by atoms with Crippen LogP contribution < -0.4 is 0 Å². The zero-order valence-electron chi connectivity index (χ0n) is 25.0. The molecule has 218 valence electrons. The smallest absolute Gasteiger partial charge is 0.138 e. The first-order chi connectivity index (χ1) is 22.8. The molecule has 0 aliphatic rings. The maximum atomic E-state index is 5.42. The summed E-state index contributed by atoms with van der Waals surface area (Å²) in [5.74, 6) is 0. The van der Waals surface area contributed by atoms with Crippen molar-refractivity contribution in [1.82, 2.24) is 24.7 Å². The number of hydrogen-bond acceptors (Lipinski definition) is 4. The lowest BCUT2D eigenvalue weighted by atomic mass is 9.77. The molecule has 0 spiro atoms. The summed E-state index contributed by atoms with van der Waals surface area (Å²) in [4.78, 5) is 14.2.